The Morgan fingerprint density at radius 1 is 1.20 bits per heavy atom. The van der Waals surface area contributed by atoms with E-state index in [1.807, 2.05) is 0 Å². The largest absolute Gasteiger partial charge is 0.384 e. The van der Waals surface area contributed by atoms with E-state index in [0.717, 1.165) is 23.7 Å². The van der Waals surface area contributed by atoms with Gasteiger partial charge in [0.1, 0.15) is 0 Å². The number of anilines is 1. The third-order valence-electron chi connectivity index (χ3n) is 4.42. The van der Waals surface area contributed by atoms with Crippen LogP contribution in [-0.2, 0) is 0 Å². The van der Waals surface area contributed by atoms with Crippen LogP contribution in [0, 0.1) is 12.8 Å². The molecule has 20 heavy (non-hydrogen) atoms. The van der Waals surface area contributed by atoms with Crippen molar-refractivity contribution in [3.63, 3.8) is 0 Å². The van der Waals surface area contributed by atoms with Gasteiger partial charge in [-0.05, 0) is 37.8 Å². The Kier molecular flexibility index (Phi) is 4.19. The first-order valence-electron chi connectivity index (χ1n) is 7.93. The zero-order chi connectivity index (χ0) is 13.8. The fraction of sp³-hybridized carbons (Fsp3) is 0.500. The van der Waals surface area contributed by atoms with E-state index in [0.29, 0.717) is 0 Å². The second kappa shape index (κ2) is 6.25. The van der Waals surface area contributed by atoms with E-state index in [-0.39, 0.29) is 0 Å². The van der Waals surface area contributed by atoms with Crippen LogP contribution in [0.2, 0.25) is 0 Å². The van der Waals surface area contributed by atoms with Gasteiger partial charge in [0.05, 0.1) is 5.52 Å². The fourth-order valence-electron chi connectivity index (χ4n) is 3.37. The first kappa shape index (κ1) is 13.4. The Labute approximate surface area is 121 Å². The molecule has 1 aromatic heterocycles. The number of hydrogen-bond donors (Lipinski definition) is 1. The molecular weight excluding hydrogens is 244 g/mol. The fourth-order valence-corrected chi connectivity index (χ4v) is 3.37. The average molecular weight is 268 g/mol. The van der Waals surface area contributed by atoms with Gasteiger partial charge in [0.25, 0.3) is 0 Å². The topological polar surface area (TPSA) is 24.9 Å². The van der Waals surface area contributed by atoms with Crippen LogP contribution in [-0.4, -0.2) is 11.5 Å². The summed E-state index contributed by atoms with van der Waals surface area (Å²) in [5, 5.41) is 4.85. The van der Waals surface area contributed by atoms with Crippen molar-refractivity contribution in [1.29, 1.82) is 0 Å². The quantitative estimate of drug-likeness (QED) is 0.778. The number of nitrogens with one attached hydrogen (secondary N) is 1. The predicted molar refractivity (Wildman–Crippen MR) is 86.2 cm³/mol. The van der Waals surface area contributed by atoms with E-state index in [4.69, 9.17) is 0 Å². The average Bonchev–Trinajstić information content (AvgIpc) is 2.96. The van der Waals surface area contributed by atoms with Crippen LogP contribution in [0.25, 0.3) is 10.9 Å². The molecule has 0 aliphatic heterocycles. The van der Waals surface area contributed by atoms with Crippen LogP contribution < -0.4 is 5.32 Å². The van der Waals surface area contributed by atoms with Crippen molar-refractivity contribution in [3.05, 3.63) is 36.0 Å². The number of aromatic nitrogens is 1. The lowest BCUT2D eigenvalue weighted by atomic mass is 10.0. The molecule has 0 bridgehead atoms. The minimum Gasteiger partial charge on any atom is -0.384 e. The van der Waals surface area contributed by atoms with Crippen LogP contribution in [0.1, 0.15) is 44.2 Å². The van der Waals surface area contributed by atoms with Crippen molar-refractivity contribution in [2.75, 3.05) is 11.9 Å². The highest BCUT2D eigenvalue weighted by atomic mass is 14.9. The van der Waals surface area contributed by atoms with Gasteiger partial charge < -0.3 is 5.32 Å². The molecule has 1 N–H and O–H groups in total. The summed E-state index contributed by atoms with van der Waals surface area (Å²) >= 11 is 0. The molecule has 2 aromatic rings. The molecule has 0 amide bonds. The molecular formula is C18H24N2. The molecule has 1 saturated carbocycles. The van der Waals surface area contributed by atoms with E-state index < -0.39 is 0 Å². The van der Waals surface area contributed by atoms with Gasteiger partial charge in [-0.1, -0.05) is 43.9 Å². The number of pyridine rings is 1. The van der Waals surface area contributed by atoms with Gasteiger partial charge in [-0.15, -0.1) is 0 Å². The number of benzene rings is 1. The van der Waals surface area contributed by atoms with Crippen LogP contribution in [0.3, 0.4) is 0 Å². The van der Waals surface area contributed by atoms with Crippen LogP contribution in [0.4, 0.5) is 5.69 Å². The molecule has 3 rings (SSSR count). The highest BCUT2D eigenvalue weighted by Gasteiger charge is 2.14. The van der Waals surface area contributed by atoms with E-state index in [9.17, 15) is 0 Å². The third-order valence-corrected chi connectivity index (χ3v) is 4.42. The molecule has 1 aliphatic rings. The highest BCUT2D eigenvalue weighted by Crippen LogP contribution is 2.28. The summed E-state index contributed by atoms with van der Waals surface area (Å²) in [7, 11) is 0. The maximum atomic E-state index is 4.59. The van der Waals surface area contributed by atoms with Gasteiger partial charge in [-0.2, -0.15) is 0 Å². The van der Waals surface area contributed by atoms with Gasteiger partial charge in [0.2, 0.25) is 0 Å². The second-order valence-electron chi connectivity index (χ2n) is 6.05. The lowest BCUT2D eigenvalue weighted by Gasteiger charge is -2.12. The summed E-state index contributed by atoms with van der Waals surface area (Å²) in [5.41, 5.74) is 3.41. The van der Waals surface area contributed by atoms with Gasteiger partial charge in [0, 0.05) is 23.3 Å². The molecule has 0 radical (unpaired) electrons. The number of nitrogens with zero attached hydrogens (tertiary/aromatic N) is 1. The van der Waals surface area contributed by atoms with E-state index >= 15 is 0 Å². The monoisotopic (exact) mass is 268 g/mol. The number of fused-ring (bicyclic) bond motifs is 1. The van der Waals surface area contributed by atoms with Crippen LogP contribution in [0.15, 0.2) is 30.3 Å². The zero-order valence-electron chi connectivity index (χ0n) is 12.4. The minimum absolute atomic E-state index is 0.993. The van der Waals surface area contributed by atoms with Crippen molar-refractivity contribution >= 4 is 16.6 Å². The third kappa shape index (κ3) is 3.12. The Bertz CT molecular complexity index is 571. The maximum Gasteiger partial charge on any atom is 0.0725 e. The highest BCUT2D eigenvalue weighted by molar-refractivity contribution is 5.91. The first-order valence-corrected chi connectivity index (χ1v) is 7.93. The van der Waals surface area contributed by atoms with Crippen LogP contribution >= 0.6 is 0 Å². The Balaban J connectivity index is 1.61. The Morgan fingerprint density at radius 3 is 2.85 bits per heavy atom. The van der Waals surface area contributed by atoms with Crippen molar-refractivity contribution in [1.82, 2.24) is 4.98 Å². The summed E-state index contributed by atoms with van der Waals surface area (Å²) < 4.78 is 0. The summed E-state index contributed by atoms with van der Waals surface area (Å²) in [5.74, 6) is 0.993. The Hall–Kier alpha value is -1.57. The lowest BCUT2D eigenvalue weighted by Crippen LogP contribution is -2.05. The maximum absolute atomic E-state index is 4.59. The van der Waals surface area contributed by atoms with Gasteiger partial charge in [-0.3, -0.25) is 4.98 Å². The zero-order valence-corrected chi connectivity index (χ0v) is 12.4. The van der Waals surface area contributed by atoms with E-state index in [1.165, 1.54) is 49.6 Å². The molecule has 1 aromatic carbocycles. The van der Waals surface area contributed by atoms with E-state index in [2.05, 4.69) is 47.6 Å². The van der Waals surface area contributed by atoms with E-state index in [1.54, 1.807) is 0 Å². The van der Waals surface area contributed by atoms with Crippen molar-refractivity contribution < 1.29 is 0 Å². The van der Waals surface area contributed by atoms with Crippen molar-refractivity contribution in [2.24, 2.45) is 5.92 Å². The molecule has 2 nitrogen and oxygen atoms in total. The van der Waals surface area contributed by atoms with Crippen LogP contribution in [0.5, 0.6) is 0 Å². The summed E-state index contributed by atoms with van der Waals surface area (Å²) in [6, 6.07) is 10.5. The molecule has 1 aliphatic carbocycles. The standard InChI is InChI=1S/C18H24N2/c1-14-13-18(16-10-4-5-11-17(16)20-14)19-12-6-9-15-7-2-3-8-15/h4-5,10-11,13,15H,2-3,6-9,12H2,1H3,(H,19,20). The number of para-hydroxylation sites is 1. The molecule has 0 spiro atoms. The molecule has 106 valence electrons. The minimum atomic E-state index is 0.993. The smallest absolute Gasteiger partial charge is 0.0725 e. The number of hydrogen-bond acceptors (Lipinski definition) is 2. The molecule has 0 saturated heterocycles. The number of rotatable bonds is 5. The summed E-state index contributed by atoms with van der Waals surface area (Å²) in [6.07, 6.45) is 8.47. The van der Waals surface area contributed by atoms with Gasteiger partial charge in [0.15, 0.2) is 0 Å². The predicted octanol–water partition coefficient (Wildman–Crippen LogP) is 4.93. The second-order valence-corrected chi connectivity index (χ2v) is 6.05. The summed E-state index contributed by atoms with van der Waals surface area (Å²) in [4.78, 5) is 4.59. The molecule has 1 heterocycles. The SMILES string of the molecule is Cc1cc(NCCCC2CCCC2)c2ccccc2n1. The molecule has 1 fully saturated rings. The number of aryl methyl sites for hydroxylation is 1. The lowest BCUT2D eigenvalue weighted by molar-refractivity contribution is 0.491. The molecule has 2 heteroatoms. The van der Waals surface area contributed by atoms with Gasteiger partial charge >= 0.3 is 0 Å². The molecule has 0 atom stereocenters. The Morgan fingerprint density at radius 2 is 2.00 bits per heavy atom. The summed E-state index contributed by atoms with van der Waals surface area (Å²) in [6.45, 7) is 3.14. The molecule has 0 unspecified atom stereocenters. The van der Waals surface area contributed by atoms with Crippen molar-refractivity contribution in [2.45, 2.75) is 45.4 Å². The van der Waals surface area contributed by atoms with Gasteiger partial charge in [-0.25, -0.2) is 0 Å². The normalized spacial score (nSPS) is 15.8. The first-order chi connectivity index (χ1) is 9.83. The van der Waals surface area contributed by atoms with Crippen molar-refractivity contribution in [3.8, 4) is 0 Å².